The molecule has 1 fully saturated rings. The fourth-order valence-electron chi connectivity index (χ4n) is 3.76. The summed E-state index contributed by atoms with van der Waals surface area (Å²) in [4.78, 5) is 25.0. The Morgan fingerprint density at radius 1 is 1.33 bits per heavy atom. The number of carbonyl (C=O) groups excluding carboxylic acids is 1. The highest BCUT2D eigenvalue weighted by Crippen LogP contribution is 2.29. The lowest BCUT2D eigenvalue weighted by molar-refractivity contribution is 0.0487. The largest absolute Gasteiger partial charge is 0.444 e. The zero-order valence-electron chi connectivity index (χ0n) is 19.1. The topological polar surface area (TPSA) is 92.9 Å². The molecule has 9 heteroatoms. The summed E-state index contributed by atoms with van der Waals surface area (Å²) in [6, 6.07) is 0.182. The molecule has 0 bridgehead atoms. The summed E-state index contributed by atoms with van der Waals surface area (Å²) in [5, 5.41) is 8.78. The van der Waals surface area contributed by atoms with E-state index in [1.54, 1.807) is 36.1 Å². The maximum absolute atomic E-state index is 13.0. The summed E-state index contributed by atoms with van der Waals surface area (Å²) in [5.41, 5.74) is 4.03. The number of hydrazine groups is 1. The number of hydrogen-bond donors (Lipinski definition) is 2. The molecule has 1 aliphatic rings. The third-order valence-corrected chi connectivity index (χ3v) is 5.23. The monoisotopic (exact) mass is 420 g/mol. The first-order chi connectivity index (χ1) is 14.1. The van der Waals surface area contributed by atoms with Crippen LogP contribution in [0, 0.1) is 0 Å². The maximum Gasteiger partial charge on any atom is 0.407 e. The normalized spacial score (nSPS) is 19.5. The van der Waals surface area contributed by atoms with E-state index in [1.807, 2.05) is 32.3 Å². The van der Waals surface area contributed by atoms with Crippen LogP contribution in [-0.2, 0) is 18.2 Å². The van der Waals surface area contributed by atoms with Gasteiger partial charge in [-0.05, 0) is 52.9 Å². The highest BCUT2D eigenvalue weighted by atomic mass is 16.6. The van der Waals surface area contributed by atoms with Gasteiger partial charge in [0, 0.05) is 38.1 Å². The predicted molar refractivity (Wildman–Crippen MR) is 118 cm³/mol. The Hall–Kier alpha value is -2.71. The third-order valence-electron chi connectivity index (χ3n) is 5.23. The molecule has 2 rings (SSSR count). The molecular weight excluding hydrogens is 384 g/mol. The van der Waals surface area contributed by atoms with Crippen molar-refractivity contribution in [3.05, 3.63) is 34.7 Å². The molecule has 1 aromatic heterocycles. The lowest BCUT2D eigenvalue weighted by Gasteiger charge is -2.31. The van der Waals surface area contributed by atoms with Crippen molar-refractivity contribution in [2.45, 2.75) is 77.5 Å². The first-order valence-electron chi connectivity index (χ1n) is 10.5. The van der Waals surface area contributed by atoms with Gasteiger partial charge in [-0.2, -0.15) is 5.10 Å². The second-order valence-electron chi connectivity index (χ2n) is 8.70. The van der Waals surface area contributed by atoms with Crippen molar-refractivity contribution in [2.75, 3.05) is 7.05 Å². The van der Waals surface area contributed by atoms with Crippen molar-refractivity contribution in [2.24, 2.45) is 12.1 Å². The molecular formula is C21H36N6O3. The van der Waals surface area contributed by atoms with Gasteiger partial charge in [0.05, 0.1) is 11.9 Å². The van der Waals surface area contributed by atoms with Crippen LogP contribution in [0.15, 0.2) is 22.7 Å². The minimum Gasteiger partial charge on any atom is -0.444 e. The standard InChI is InChI=1S/C21H36N6O3/c1-8-17-18(14-22-24-25(6)9-2)26(7)20(29)27(17)16-12-10-15(11-13-16)23-19(28)30-21(3,4)5/h9,14-16,24H,2,8,10-13H2,1,3-7H3,(H,23,28)/b22-14-/t15-,16+. The van der Waals surface area contributed by atoms with E-state index < -0.39 is 5.60 Å². The molecule has 0 spiro atoms. The molecule has 30 heavy (non-hydrogen) atoms. The molecule has 168 valence electrons. The van der Waals surface area contributed by atoms with Crippen molar-refractivity contribution in [3.63, 3.8) is 0 Å². The van der Waals surface area contributed by atoms with E-state index >= 15 is 0 Å². The van der Waals surface area contributed by atoms with Crippen LogP contribution in [0.5, 0.6) is 0 Å². The quantitative estimate of drug-likeness (QED) is 0.523. The molecule has 1 aromatic rings. The van der Waals surface area contributed by atoms with E-state index in [9.17, 15) is 9.59 Å². The number of hydrazone groups is 1. The predicted octanol–water partition coefficient (Wildman–Crippen LogP) is 2.67. The molecule has 0 unspecified atom stereocenters. The first-order valence-corrected chi connectivity index (χ1v) is 10.5. The summed E-state index contributed by atoms with van der Waals surface area (Å²) in [5.74, 6) is 0. The second-order valence-corrected chi connectivity index (χ2v) is 8.70. The minimum absolute atomic E-state index is 0.0334. The Labute approximate surface area is 178 Å². The number of alkyl carbamates (subject to hydrolysis) is 1. The molecule has 1 amide bonds. The minimum atomic E-state index is -0.512. The van der Waals surface area contributed by atoms with Crippen molar-refractivity contribution >= 4 is 12.3 Å². The number of nitrogens with one attached hydrogen (secondary N) is 2. The van der Waals surface area contributed by atoms with Gasteiger partial charge in [-0.3, -0.25) is 14.1 Å². The van der Waals surface area contributed by atoms with Crippen LogP contribution in [0.25, 0.3) is 0 Å². The maximum atomic E-state index is 13.0. The van der Waals surface area contributed by atoms with E-state index in [0.29, 0.717) is 0 Å². The zero-order chi connectivity index (χ0) is 22.5. The lowest BCUT2D eigenvalue weighted by Crippen LogP contribution is -2.42. The third kappa shape index (κ3) is 5.90. The van der Waals surface area contributed by atoms with E-state index in [-0.39, 0.29) is 23.9 Å². The molecule has 9 nitrogen and oxygen atoms in total. The fraction of sp³-hybridized carbons (Fsp3) is 0.667. The highest BCUT2D eigenvalue weighted by Gasteiger charge is 2.29. The van der Waals surface area contributed by atoms with Crippen LogP contribution in [0.3, 0.4) is 0 Å². The number of ether oxygens (including phenoxy) is 1. The van der Waals surface area contributed by atoms with Crippen molar-refractivity contribution in [1.29, 1.82) is 0 Å². The number of aromatic nitrogens is 2. The van der Waals surface area contributed by atoms with Gasteiger partial charge in [-0.15, -0.1) is 0 Å². The Kier molecular flexibility index (Phi) is 7.75. The molecule has 1 aliphatic carbocycles. The van der Waals surface area contributed by atoms with Gasteiger partial charge in [0.1, 0.15) is 5.60 Å². The fourth-order valence-corrected chi connectivity index (χ4v) is 3.76. The van der Waals surface area contributed by atoms with Gasteiger partial charge in [-0.25, -0.2) is 15.1 Å². The van der Waals surface area contributed by atoms with Gasteiger partial charge in [0.2, 0.25) is 0 Å². The van der Waals surface area contributed by atoms with Gasteiger partial charge < -0.3 is 10.1 Å². The lowest BCUT2D eigenvalue weighted by atomic mass is 9.91. The Morgan fingerprint density at radius 2 is 1.97 bits per heavy atom. The van der Waals surface area contributed by atoms with Crippen LogP contribution in [0.1, 0.15) is 70.8 Å². The number of hydrogen-bond acceptors (Lipinski definition) is 6. The summed E-state index contributed by atoms with van der Waals surface area (Å²) in [6.45, 7) is 11.2. The summed E-state index contributed by atoms with van der Waals surface area (Å²) >= 11 is 0. The second kappa shape index (κ2) is 9.86. The number of amides is 1. The Bertz CT molecular complexity index is 825. The van der Waals surface area contributed by atoms with Gasteiger partial charge in [0.15, 0.2) is 0 Å². The zero-order valence-corrected chi connectivity index (χ0v) is 19.1. The summed E-state index contributed by atoms with van der Waals surface area (Å²) < 4.78 is 8.90. The highest BCUT2D eigenvalue weighted by molar-refractivity contribution is 5.78. The SMILES string of the molecule is C=CN(C)N/N=C\c1c(CC)n([C@H]2CC[C@@H](NC(=O)OC(C)(C)C)CC2)c(=O)n1C. The van der Waals surface area contributed by atoms with E-state index in [0.717, 1.165) is 43.5 Å². The van der Waals surface area contributed by atoms with Crippen LogP contribution in [0.2, 0.25) is 0 Å². The average Bonchev–Trinajstić information content (AvgIpc) is 2.91. The van der Waals surface area contributed by atoms with Crippen LogP contribution in [0.4, 0.5) is 4.79 Å². The van der Waals surface area contributed by atoms with Crippen LogP contribution >= 0.6 is 0 Å². The van der Waals surface area contributed by atoms with E-state index in [1.165, 1.54) is 0 Å². The van der Waals surface area contributed by atoms with Crippen LogP contribution < -0.4 is 16.5 Å². The molecule has 0 atom stereocenters. The Morgan fingerprint density at radius 3 is 2.50 bits per heavy atom. The van der Waals surface area contributed by atoms with Gasteiger partial charge in [-0.1, -0.05) is 13.5 Å². The van der Waals surface area contributed by atoms with E-state index in [2.05, 4.69) is 22.5 Å². The number of imidazole rings is 1. The molecule has 0 radical (unpaired) electrons. The number of carbonyl (C=O) groups is 1. The molecule has 1 saturated carbocycles. The van der Waals surface area contributed by atoms with Crippen molar-refractivity contribution in [1.82, 2.24) is 25.0 Å². The number of nitrogens with zero attached hydrogens (tertiary/aromatic N) is 4. The number of rotatable bonds is 7. The average molecular weight is 421 g/mol. The van der Waals surface area contributed by atoms with Gasteiger partial charge in [0.25, 0.3) is 0 Å². The summed E-state index contributed by atoms with van der Waals surface area (Å²) in [6.07, 6.45) is 6.89. The molecule has 0 aromatic carbocycles. The molecule has 1 heterocycles. The molecule has 0 saturated heterocycles. The Balaban J connectivity index is 2.10. The van der Waals surface area contributed by atoms with Crippen LogP contribution in [-0.4, -0.2) is 45.1 Å². The molecule has 0 aliphatic heterocycles. The van der Waals surface area contributed by atoms with Crippen molar-refractivity contribution in [3.8, 4) is 0 Å². The molecule has 2 N–H and O–H groups in total. The summed E-state index contributed by atoms with van der Waals surface area (Å²) in [7, 11) is 3.56. The van der Waals surface area contributed by atoms with Crippen molar-refractivity contribution < 1.29 is 9.53 Å². The smallest absolute Gasteiger partial charge is 0.407 e. The van der Waals surface area contributed by atoms with Gasteiger partial charge >= 0.3 is 11.8 Å². The van der Waals surface area contributed by atoms with E-state index in [4.69, 9.17) is 4.74 Å². The first kappa shape index (κ1) is 23.6.